The fourth-order valence-corrected chi connectivity index (χ4v) is 1.11. The van der Waals surface area contributed by atoms with Crippen LogP contribution >= 0.6 is 0 Å². The lowest BCUT2D eigenvalue weighted by Crippen LogP contribution is -2.33. The molecular weight excluding hydrogens is 216 g/mol. The molecule has 5 heteroatoms. The molecule has 0 amide bonds. The van der Waals surface area contributed by atoms with Gasteiger partial charge in [0.15, 0.2) is 17.4 Å². The Morgan fingerprint density at radius 3 is 2.19 bits per heavy atom. The van der Waals surface area contributed by atoms with Crippen LogP contribution in [0.1, 0.15) is 13.8 Å². The van der Waals surface area contributed by atoms with E-state index in [4.69, 9.17) is 9.84 Å². The number of nitrogens with one attached hydrogen (secondary N) is 1. The summed E-state index contributed by atoms with van der Waals surface area (Å²) < 4.78 is 32.0. The van der Waals surface area contributed by atoms with Gasteiger partial charge in [-0.25, -0.2) is 8.78 Å². The van der Waals surface area contributed by atoms with Gasteiger partial charge in [-0.1, -0.05) is 0 Å². The van der Waals surface area contributed by atoms with Gasteiger partial charge in [-0.05, 0) is 13.8 Å². The first-order chi connectivity index (χ1) is 7.39. The molecule has 3 nitrogen and oxygen atoms in total. The monoisotopic (exact) mass is 231 g/mol. The summed E-state index contributed by atoms with van der Waals surface area (Å²) in [7, 11) is 1.56. The molecule has 0 saturated heterocycles. The molecule has 0 aliphatic carbocycles. The van der Waals surface area contributed by atoms with E-state index in [1.54, 1.807) is 7.05 Å². The average molecular weight is 231 g/mol. The summed E-state index contributed by atoms with van der Waals surface area (Å²) in [6, 6.07) is 2.26. The number of benzene rings is 1. The number of aliphatic hydroxyl groups is 1. The first-order valence-electron chi connectivity index (χ1n) is 4.86. The van der Waals surface area contributed by atoms with Gasteiger partial charge in [0.1, 0.15) is 5.60 Å². The van der Waals surface area contributed by atoms with Crippen LogP contribution in [-0.2, 0) is 0 Å². The number of hydrogen-bond donors (Lipinski definition) is 2. The topological polar surface area (TPSA) is 41.5 Å². The molecule has 1 aromatic rings. The van der Waals surface area contributed by atoms with Gasteiger partial charge in [-0.15, -0.1) is 0 Å². The summed E-state index contributed by atoms with van der Waals surface area (Å²) in [6.07, 6.45) is 0. The van der Waals surface area contributed by atoms with Gasteiger partial charge in [0.2, 0.25) is 0 Å². The molecule has 0 aliphatic rings. The smallest absolute Gasteiger partial charge is 0.191 e. The zero-order valence-electron chi connectivity index (χ0n) is 9.47. The molecule has 0 radical (unpaired) electrons. The molecule has 0 aliphatic heterocycles. The number of halogens is 2. The standard InChI is InChI=1S/C11H15F2NO2/c1-11(2,6-15)16-10-8(12)4-7(14-3)5-9(10)13/h4-5,14-15H,6H2,1-3H3. The Hall–Kier alpha value is -1.36. The predicted molar refractivity (Wildman–Crippen MR) is 57.7 cm³/mol. The summed E-state index contributed by atoms with van der Waals surface area (Å²) in [6.45, 7) is 2.75. The second kappa shape index (κ2) is 4.65. The molecule has 1 aromatic carbocycles. The molecule has 0 heterocycles. The van der Waals surface area contributed by atoms with Gasteiger partial charge in [-0.2, -0.15) is 0 Å². The summed E-state index contributed by atoms with van der Waals surface area (Å²) in [5.74, 6) is -2.07. The Morgan fingerprint density at radius 2 is 1.81 bits per heavy atom. The highest BCUT2D eigenvalue weighted by Gasteiger charge is 2.23. The van der Waals surface area contributed by atoms with E-state index in [0.717, 1.165) is 12.1 Å². The number of rotatable bonds is 4. The molecule has 2 N–H and O–H groups in total. The van der Waals surface area contributed by atoms with Crippen molar-refractivity contribution in [2.45, 2.75) is 19.4 Å². The molecule has 16 heavy (non-hydrogen) atoms. The van der Waals surface area contributed by atoms with Crippen LogP contribution in [-0.4, -0.2) is 24.4 Å². The van der Waals surface area contributed by atoms with Crippen molar-refractivity contribution in [3.63, 3.8) is 0 Å². The minimum Gasteiger partial charge on any atom is -0.479 e. The lowest BCUT2D eigenvalue weighted by Gasteiger charge is -2.24. The van der Waals surface area contributed by atoms with Crippen LogP contribution in [0.5, 0.6) is 5.75 Å². The maximum Gasteiger partial charge on any atom is 0.191 e. The normalized spacial score (nSPS) is 11.4. The molecule has 0 saturated carbocycles. The Labute approximate surface area is 93.0 Å². The molecule has 90 valence electrons. The van der Waals surface area contributed by atoms with Gasteiger partial charge >= 0.3 is 0 Å². The van der Waals surface area contributed by atoms with Gasteiger partial charge < -0.3 is 15.2 Å². The highest BCUT2D eigenvalue weighted by molar-refractivity contribution is 5.47. The van der Waals surface area contributed by atoms with Crippen molar-refractivity contribution in [2.75, 3.05) is 19.0 Å². The van der Waals surface area contributed by atoms with E-state index in [1.165, 1.54) is 13.8 Å². The van der Waals surface area contributed by atoms with E-state index in [2.05, 4.69) is 5.32 Å². The van der Waals surface area contributed by atoms with E-state index in [9.17, 15) is 8.78 Å². The Balaban J connectivity index is 3.06. The molecule has 0 atom stereocenters. The second-order valence-corrected chi connectivity index (χ2v) is 4.04. The minimum absolute atomic E-state index is 0.323. The maximum atomic E-state index is 13.5. The van der Waals surface area contributed by atoms with Crippen LogP contribution in [0.3, 0.4) is 0 Å². The summed E-state index contributed by atoms with van der Waals surface area (Å²) in [4.78, 5) is 0. The quantitative estimate of drug-likeness (QED) is 0.834. The van der Waals surface area contributed by atoms with Crippen molar-refractivity contribution in [3.8, 4) is 5.75 Å². The molecule has 1 rings (SSSR count). The first kappa shape index (κ1) is 12.7. The van der Waals surface area contributed by atoms with Crippen molar-refractivity contribution >= 4 is 5.69 Å². The minimum atomic E-state index is -1.02. The summed E-state index contributed by atoms with van der Waals surface area (Å²) >= 11 is 0. The Bertz CT molecular complexity index is 357. The van der Waals surface area contributed by atoms with E-state index in [0.29, 0.717) is 5.69 Å². The van der Waals surface area contributed by atoms with Crippen molar-refractivity contribution in [1.29, 1.82) is 0 Å². The number of anilines is 1. The Kier molecular flexibility index (Phi) is 3.70. The van der Waals surface area contributed by atoms with E-state index >= 15 is 0 Å². The lowest BCUT2D eigenvalue weighted by atomic mass is 10.1. The molecule has 0 unspecified atom stereocenters. The fraction of sp³-hybridized carbons (Fsp3) is 0.455. The van der Waals surface area contributed by atoms with Crippen LogP contribution < -0.4 is 10.1 Å². The second-order valence-electron chi connectivity index (χ2n) is 4.04. The lowest BCUT2D eigenvalue weighted by molar-refractivity contribution is 0.0344. The predicted octanol–water partition coefficient (Wildman–Crippen LogP) is 2.16. The third kappa shape index (κ3) is 2.82. The van der Waals surface area contributed by atoms with Crippen LogP contribution in [0.15, 0.2) is 12.1 Å². The summed E-state index contributed by atoms with van der Waals surface area (Å²) in [5, 5.41) is 11.6. The Morgan fingerprint density at radius 1 is 1.31 bits per heavy atom. The van der Waals surface area contributed by atoms with Gasteiger partial charge in [-0.3, -0.25) is 0 Å². The molecule has 0 fully saturated rings. The maximum absolute atomic E-state index is 13.5. The fourth-order valence-electron chi connectivity index (χ4n) is 1.11. The highest BCUT2D eigenvalue weighted by atomic mass is 19.1. The van der Waals surface area contributed by atoms with Crippen LogP contribution in [0.4, 0.5) is 14.5 Å². The van der Waals surface area contributed by atoms with E-state index < -0.39 is 23.0 Å². The zero-order chi connectivity index (χ0) is 12.3. The van der Waals surface area contributed by atoms with Crippen LogP contribution in [0.2, 0.25) is 0 Å². The van der Waals surface area contributed by atoms with Crippen molar-refractivity contribution in [1.82, 2.24) is 0 Å². The third-order valence-electron chi connectivity index (χ3n) is 2.05. The van der Waals surface area contributed by atoms with E-state index in [-0.39, 0.29) is 6.61 Å². The SMILES string of the molecule is CNc1cc(F)c(OC(C)(C)CO)c(F)c1. The molecule has 0 aromatic heterocycles. The van der Waals surface area contributed by atoms with Gasteiger partial charge in [0.05, 0.1) is 6.61 Å². The zero-order valence-corrected chi connectivity index (χ0v) is 9.47. The van der Waals surface area contributed by atoms with Crippen molar-refractivity contribution < 1.29 is 18.6 Å². The van der Waals surface area contributed by atoms with Crippen LogP contribution in [0.25, 0.3) is 0 Å². The molecular formula is C11H15F2NO2. The van der Waals surface area contributed by atoms with Gasteiger partial charge in [0, 0.05) is 24.9 Å². The average Bonchev–Trinajstić information content (AvgIpc) is 2.23. The van der Waals surface area contributed by atoms with Gasteiger partial charge in [0.25, 0.3) is 0 Å². The highest BCUT2D eigenvalue weighted by Crippen LogP contribution is 2.28. The molecule has 0 spiro atoms. The largest absolute Gasteiger partial charge is 0.479 e. The van der Waals surface area contributed by atoms with E-state index in [1.807, 2.05) is 0 Å². The molecule has 0 bridgehead atoms. The van der Waals surface area contributed by atoms with Crippen LogP contribution in [0, 0.1) is 11.6 Å². The number of hydrogen-bond acceptors (Lipinski definition) is 3. The van der Waals surface area contributed by atoms with Crippen molar-refractivity contribution in [2.24, 2.45) is 0 Å². The summed E-state index contributed by atoms with van der Waals surface area (Å²) in [5.41, 5.74) is -0.702. The number of aliphatic hydroxyl groups excluding tert-OH is 1. The number of ether oxygens (including phenoxy) is 1. The third-order valence-corrected chi connectivity index (χ3v) is 2.05. The first-order valence-corrected chi connectivity index (χ1v) is 4.86. The van der Waals surface area contributed by atoms with Crippen molar-refractivity contribution in [3.05, 3.63) is 23.8 Å².